The minimum atomic E-state index is 0.679. The Kier molecular flexibility index (Phi) is 1.07. The maximum Gasteiger partial charge on any atom is 0.0875 e. The molecule has 0 aromatic heterocycles. The molecule has 1 heteroatoms. The molecule has 0 amide bonds. The van der Waals surface area contributed by atoms with Crippen LogP contribution in [0.4, 0.5) is 0 Å². The molecule has 0 N–H and O–H groups in total. The first-order valence-corrected chi connectivity index (χ1v) is 4.66. The van der Waals surface area contributed by atoms with Crippen molar-refractivity contribution in [1.82, 2.24) is 0 Å². The van der Waals surface area contributed by atoms with Crippen molar-refractivity contribution < 1.29 is 4.74 Å². The molecule has 1 aliphatic heterocycles. The molecule has 1 nitrogen and oxygen atoms in total. The maximum absolute atomic E-state index is 5.58. The summed E-state index contributed by atoms with van der Waals surface area (Å²) < 4.78 is 5.58. The Morgan fingerprint density at radius 3 is 2.91 bits per heavy atom. The molecule has 0 radical (unpaired) electrons. The standard InChI is InChI=1S/C10H14O/c1-2-3-6-4-7-5-8(6)10-9(7)11-10/h2,6-10H,1,3-5H2. The van der Waals surface area contributed by atoms with Crippen molar-refractivity contribution in [1.29, 1.82) is 0 Å². The van der Waals surface area contributed by atoms with Crippen LogP contribution in [0.5, 0.6) is 0 Å². The van der Waals surface area contributed by atoms with Gasteiger partial charge < -0.3 is 4.74 Å². The van der Waals surface area contributed by atoms with Gasteiger partial charge in [0.05, 0.1) is 12.2 Å². The number of rotatable bonds is 2. The highest BCUT2D eigenvalue weighted by atomic mass is 16.6. The molecule has 3 rings (SSSR count). The highest BCUT2D eigenvalue weighted by molar-refractivity contribution is 5.11. The molecule has 2 saturated carbocycles. The van der Waals surface area contributed by atoms with Crippen LogP contribution in [0.3, 0.4) is 0 Å². The Morgan fingerprint density at radius 1 is 1.36 bits per heavy atom. The van der Waals surface area contributed by atoms with Gasteiger partial charge in [0.1, 0.15) is 0 Å². The lowest BCUT2D eigenvalue weighted by molar-refractivity contribution is 0.251. The van der Waals surface area contributed by atoms with Crippen molar-refractivity contribution in [3.8, 4) is 0 Å². The van der Waals surface area contributed by atoms with Gasteiger partial charge in [-0.1, -0.05) is 6.08 Å². The molecule has 2 bridgehead atoms. The van der Waals surface area contributed by atoms with Crippen LogP contribution < -0.4 is 0 Å². The molecule has 3 aliphatic rings. The zero-order chi connectivity index (χ0) is 7.42. The lowest BCUT2D eigenvalue weighted by Crippen LogP contribution is -2.16. The normalized spacial score (nSPS) is 57.6. The van der Waals surface area contributed by atoms with Crippen LogP contribution in [-0.2, 0) is 4.74 Å². The van der Waals surface area contributed by atoms with Crippen molar-refractivity contribution in [2.75, 3.05) is 0 Å². The number of fused-ring (bicyclic) bond motifs is 5. The summed E-state index contributed by atoms with van der Waals surface area (Å²) in [6.45, 7) is 3.81. The third kappa shape index (κ3) is 0.698. The fourth-order valence-corrected chi connectivity index (χ4v) is 3.22. The second-order valence-corrected chi connectivity index (χ2v) is 4.25. The Morgan fingerprint density at radius 2 is 2.27 bits per heavy atom. The van der Waals surface area contributed by atoms with E-state index in [0.717, 1.165) is 17.8 Å². The van der Waals surface area contributed by atoms with Crippen molar-refractivity contribution in [2.45, 2.75) is 31.5 Å². The van der Waals surface area contributed by atoms with Crippen LogP contribution in [-0.4, -0.2) is 12.2 Å². The minimum Gasteiger partial charge on any atom is -0.369 e. The summed E-state index contributed by atoms with van der Waals surface area (Å²) in [5, 5.41) is 0. The molecule has 1 saturated heterocycles. The van der Waals surface area contributed by atoms with E-state index in [2.05, 4.69) is 12.7 Å². The van der Waals surface area contributed by atoms with E-state index < -0.39 is 0 Å². The second kappa shape index (κ2) is 1.89. The van der Waals surface area contributed by atoms with E-state index in [0.29, 0.717) is 12.2 Å². The van der Waals surface area contributed by atoms with Gasteiger partial charge in [0.2, 0.25) is 0 Å². The lowest BCUT2D eigenvalue weighted by Gasteiger charge is -2.16. The fourth-order valence-electron chi connectivity index (χ4n) is 3.22. The van der Waals surface area contributed by atoms with Gasteiger partial charge in [0, 0.05) is 0 Å². The summed E-state index contributed by atoms with van der Waals surface area (Å²) in [6, 6.07) is 0. The molecule has 0 spiro atoms. The summed E-state index contributed by atoms with van der Waals surface area (Å²) >= 11 is 0. The van der Waals surface area contributed by atoms with E-state index >= 15 is 0 Å². The molecule has 11 heavy (non-hydrogen) atoms. The zero-order valence-corrected chi connectivity index (χ0v) is 6.70. The zero-order valence-electron chi connectivity index (χ0n) is 6.70. The fraction of sp³-hybridized carbons (Fsp3) is 0.800. The Hall–Kier alpha value is -0.300. The van der Waals surface area contributed by atoms with Crippen molar-refractivity contribution >= 4 is 0 Å². The molecular weight excluding hydrogens is 136 g/mol. The summed E-state index contributed by atoms with van der Waals surface area (Å²) in [5.41, 5.74) is 0. The first-order valence-electron chi connectivity index (χ1n) is 4.66. The van der Waals surface area contributed by atoms with Gasteiger partial charge in [-0.3, -0.25) is 0 Å². The van der Waals surface area contributed by atoms with E-state index in [9.17, 15) is 0 Å². The number of hydrogen-bond donors (Lipinski definition) is 0. The van der Waals surface area contributed by atoms with Gasteiger partial charge in [-0.2, -0.15) is 0 Å². The molecule has 0 aromatic rings. The van der Waals surface area contributed by atoms with Crippen molar-refractivity contribution in [2.24, 2.45) is 17.8 Å². The average molecular weight is 150 g/mol. The van der Waals surface area contributed by atoms with Crippen LogP contribution in [0.25, 0.3) is 0 Å². The van der Waals surface area contributed by atoms with Crippen LogP contribution in [0, 0.1) is 17.8 Å². The second-order valence-electron chi connectivity index (χ2n) is 4.25. The molecule has 0 aromatic carbocycles. The molecule has 60 valence electrons. The molecule has 3 fully saturated rings. The summed E-state index contributed by atoms with van der Waals surface area (Å²) in [5.74, 6) is 2.75. The summed E-state index contributed by atoms with van der Waals surface area (Å²) in [4.78, 5) is 0. The smallest absolute Gasteiger partial charge is 0.0875 e. The Bertz CT molecular complexity index is 199. The van der Waals surface area contributed by atoms with Crippen LogP contribution in [0.15, 0.2) is 12.7 Å². The van der Waals surface area contributed by atoms with Crippen LogP contribution in [0.1, 0.15) is 19.3 Å². The summed E-state index contributed by atoms with van der Waals surface area (Å²) in [7, 11) is 0. The van der Waals surface area contributed by atoms with Crippen LogP contribution >= 0.6 is 0 Å². The third-order valence-corrected chi connectivity index (χ3v) is 3.70. The number of hydrogen-bond acceptors (Lipinski definition) is 1. The van der Waals surface area contributed by atoms with E-state index in [1.54, 1.807) is 0 Å². The molecule has 5 unspecified atom stereocenters. The maximum atomic E-state index is 5.58. The Balaban J connectivity index is 1.77. The number of epoxide rings is 1. The number of allylic oxidation sites excluding steroid dienone is 1. The molecule has 2 aliphatic carbocycles. The third-order valence-electron chi connectivity index (χ3n) is 3.70. The van der Waals surface area contributed by atoms with Gasteiger partial charge >= 0.3 is 0 Å². The predicted molar refractivity (Wildman–Crippen MR) is 43.2 cm³/mol. The lowest BCUT2D eigenvalue weighted by atomic mass is 9.86. The quantitative estimate of drug-likeness (QED) is 0.433. The molecule has 1 heterocycles. The first-order chi connectivity index (χ1) is 5.40. The SMILES string of the molecule is C=CCC1CC2CC1C1OC21. The largest absolute Gasteiger partial charge is 0.369 e. The predicted octanol–water partition coefficient (Wildman–Crippen LogP) is 1.99. The van der Waals surface area contributed by atoms with Gasteiger partial charge in [0.25, 0.3) is 0 Å². The average Bonchev–Trinajstić information content (AvgIpc) is 2.62. The molecular formula is C10H14O. The number of ether oxygens (including phenoxy) is 1. The van der Waals surface area contributed by atoms with Crippen molar-refractivity contribution in [3.63, 3.8) is 0 Å². The first kappa shape index (κ1) is 6.24. The van der Waals surface area contributed by atoms with E-state index in [1.807, 2.05) is 0 Å². The van der Waals surface area contributed by atoms with E-state index in [4.69, 9.17) is 4.74 Å². The van der Waals surface area contributed by atoms with E-state index in [1.165, 1.54) is 19.3 Å². The highest BCUT2D eigenvalue weighted by Crippen LogP contribution is 2.59. The minimum absolute atomic E-state index is 0.679. The highest BCUT2D eigenvalue weighted by Gasteiger charge is 2.62. The van der Waals surface area contributed by atoms with Gasteiger partial charge in [-0.15, -0.1) is 6.58 Å². The summed E-state index contributed by atoms with van der Waals surface area (Å²) in [6.07, 6.45) is 7.53. The van der Waals surface area contributed by atoms with Gasteiger partial charge in [-0.05, 0) is 37.0 Å². The Labute approximate surface area is 67.4 Å². The van der Waals surface area contributed by atoms with Crippen molar-refractivity contribution in [3.05, 3.63) is 12.7 Å². The topological polar surface area (TPSA) is 12.5 Å². The molecule has 5 atom stereocenters. The monoisotopic (exact) mass is 150 g/mol. The van der Waals surface area contributed by atoms with Crippen LogP contribution in [0.2, 0.25) is 0 Å². The van der Waals surface area contributed by atoms with Gasteiger partial charge in [0.15, 0.2) is 0 Å². The van der Waals surface area contributed by atoms with E-state index in [-0.39, 0.29) is 0 Å². The van der Waals surface area contributed by atoms with Gasteiger partial charge in [-0.25, -0.2) is 0 Å².